The second-order valence-corrected chi connectivity index (χ2v) is 5.16. The van der Waals surface area contributed by atoms with Gasteiger partial charge in [0, 0.05) is 18.7 Å². The largest absolute Gasteiger partial charge is 0.338 e. The summed E-state index contributed by atoms with van der Waals surface area (Å²) in [4.78, 5) is 14.1. The predicted molar refractivity (Wildman–Crippen MR) is 65.2 cm³/mol. The smallest absolute Gasteiger partial charge is 0.253 e. The van der Waals surface area contributed by atoms with Crippen LogP contribution in [0.15, 0.2) is 24.3 Å². The van der Waals surface area contributed by atoms with E-state index >= 15 is 0 Å². The first-order chi connectivity index (χ1) is 8.06. The van der Waals surface area contributed by atoms with Gasteiger partial charge in [0.25, 0.3) is 5.91 Å². The molecule has 0 aromatic heterocycles. The topological polar surface area (TPSA) is 20.3 Å². The Labute approximate surface area is 101 Å². The van der Waals surface area contributed by atoms with Crippen LogP contribution in [0.25, 0.3) is 0 Å². The van der Waals surface area contributed by atoms with Gasteiger partial charge in [-0.15, -0.1) is 0 Å². The van der Waals surface area contributed by atoms with E-state index in [0.717, 1.165) is 13.1 Å². The highest BCUT2D eigenvalue weighted by Crippen LogP contribution is 2.22. The molecule has 1 heterocycles. The summed E-state index contributed by atoms with van der Waals surface area (Å²) in [5.41, 5.74) is 0.577. The number of amides is 1. The van der Waals surface area contributed by atoms with E-state index in [9.17, 15) is 9.18 Å². The van der Waals surface area contributed by atoms with Crippen LogP contribution in [0.1, 0.15) is 30.6 Å². The van der Waals surface area contributed by atoms with Crippen LogP contribution in [0.5, 0.6) is 0 Å². The van der Waals surface area contributed by atoms with Crippen molar-refractivity contribution in [2.75, 3.05) is 13.1 Å². The van der Waals surface area contributed by atoms with Gasteiger partial charge in [-0.3, -0.25) is 4.79 Å². The molecule has 1 aromatic rings. The van der Waals surface area contributed by atoms with Gasteiger partial charge in [0.1, 0.15) is 5.82 Å². The molecule has 1 saturated heterocycles. The van der Waals surface area contributed by atoms with Crippen molar-refractivity contribution in [2.45, 2.75) is 20.3 Å². The van der Waals surface area contributed by atoms with E-state index in [1.54, 1.807) is 12.1 Å². The molecule has 2 rings (SSSR count). The second kappa shape index (κ2) is 4.86. The minimum absolute atomic E-state index is 0.0170. The predicted octanol–water partition coefficient (Wildman–Crippen LogP) is 2.94. The lowest BCUT2D eigenvalue weighted by Gasteiger charge is -2.35. The summed E-state index contributed by atoms with van der Waals surface area (Å²) in [5, 5.41) is 0. The molecule has 2 nitrogen and oxygen atoms in total. The van der Waals surface area contributed by atoms with Crippen LogP contribution >= 0.6 is 0 Å². The molecule has 2 atom stereocenters. The lowest BCUT2D eigenvalue weighted by molar-refractivity contribution is 0.0623. The van der Waals surface area contributed by atoms with Crippen LogP contribution in [-0.2, 0) is 0 Å². The molecular formula is C14H18FNO. The van der Waals surface area contributed by atoms with Crippen molar-refractivity contribution in [1.29, 1.82) is 0 Å². The summed E-state index contributed by atoms with van der Waals surface area (Å²) in [7, 11) is 0. The van der Waals surface area contributed by atoms with Crippen LogP contribution in [0.2, 0.25) is 0 Å². The number of nitrogens with zero attached hydrogens (tertiary/aromatic N) is 1. The third-order valence-electron chi connectivity index (χ3n) is 3.25. The third-order valence-corrected chi connectivity index (χ3v) is 3.25. The molecule has 3 heteroatoms. The monoisotopic (exact) mass is 235 g/mol. The highest BCUT2D eigenvalue weighted by molar-refractivity contribution is 5.94. The standard InChI is InChI=1S/C14H18FNO/c1-10-7-11(2)9-16(8-10)14(17)12-3-5-13(15)6-4-12/h3-6,10-11H,7-9H2,1-2H3/t10-,11-/m1/s1. The fourth-order valence-corrected chi connectivity index (χ4v) is 2.60. The van der Waals surface area contributed by atoms with Crippen molar-refractivity contribution in [2.24, 2.45) is 11.8 Å². The quantitative estimate of drug-likeness (QED) is 0.733. The zero-order valence-corrected chi connectivity index (χ0v) is 10.3. The Hall–Kier alpha value is -1.38. The number of carbonyl (C=O) groups excluding carboxylic acids is 1. The van der Waals surface area contributed by atoms with Crippen molar-refractivity contribution < 1.29 is 9.18 Å². The van der Waals surface area contributed by atoms with E-state index < -0.39 is 0 Å². The maximum atomic E-state index is 12.8. The van der Waals surface area contributed by atoms with Gasteiger partial charge in [-0.1, -0.05) is 13.8 Å². The molecular weight excluding hydrogens is 217 g/mol. The molecule has 1 aliphatic rings. The van der Waals surface area contributed by atoms with Gasteiger partial charge in [0.05, 0.1) is 0 Å². The van der Waals surface area contributed by atoms with Crippen LogP contribution in [0.3, 0.4) is 0 Å². The first-order valence-corrected chi connectivity index (χ1v) is 6.11. The minimum Gasteiger partial charge on any atom is -0.338 e. The Morgan fingerprint density at radius 2 is 1.71 bits per heavy atom. The highest BCUT2D eigenvalue weighted by Gasteiger charge is 2.25. The van der Waals surface area contributed by atoms with E-state index in [-0.39, 0.29) is 11.7 Å². The van der Waals surface area contributed by atoms with E-state index in [2.05, 4.69) is 13.8 Å². The Balaban J connectivity index is 2.11. The zero-order valence-electron chi connectivity index (χ0n) is 10.3. The summed E-state index contributed by atoms with van der Waals surface area (Å²) in [6.45, 7) is 5.95. The summed E-state index contributed by atoms with van der Waals surface area (Å²) in [6.07, 6.45) is 1.17. The first-order valence-electron chi connectivity index (χ1n) is 6.11. The van der Waals surface area contributed by atoms with Gasteiger partial charge in [-0.25, -0.2) is 4.39 Å². The number of halogens is 1. The van der Waals surface area contributed by atoms with Crippen molar-refractivity contribution in [3.05, 3.63) is 35.6 Å². The Kier molecular flexibility index (Phi) is 3.46. The van der Waals surface area contributed by atoms with Crippen LogP contribution in [0.4, 0.5) is 4.39 Å². The maximum absolute atomic E-state index is 12.8. The van der Waals surface area contributed by atoms with Crippen LogP contribution in [-0.4, -0.2) is 23.9 Å². The molecule has 0 N–H and O–H groups in total. The summed E-state index contributed by atoms with van der Waals surface area (Å²) >= 11 is 0. The van der Waals surface area contributed by atoms with Gasteiger partial charge in [-0.2, -0.15) is 0 Å². The first kappa shape index (κ1) is 12.1. The van der Waals surface area contributed by atoms with Crippen LogP contribution < -0.4 is 0 Å². The molecule has 0 radical (unpaired) electrons. The van der Waals surface area contributed by atoms with Gasteiger partial charge in [0.2, 0.25) is 0 Å². The van der Waals surface area contributed by atoms with Crippen molar-refractivity contribution in [1.82, 2.24) is 4.90 Å². The van der Waals surface area contributed by atoms with E-state index in [0.29, 0.717) is 17.4 Å². The Bertz CT molecular complexity index is 391. The molecule has 92 valence electrons. The maximum Gasteiger partial charge on any atom is 0.253 e. The Morgan fingerprint density at radius 3 is 2.24 bits per heavy atom. The van der Waals surface area contributed by atoms with Crippen molar-refractivity contribution >= 4 is 5.91 Å². The summed E-state index contributed by atoms with van der Waals surface area (Å²) in [6, 6.07) is 5.79. The number of rotatable bonds is 1. The lowest BCUT2D eigenvalue weighted by Crippen LogP contribution is -2.42. The van der Waals surface area contributed by atoms with E-state index in [1.807, 2.05) is 4.90 Å². The number of carbonyl (C=O) groups is 1. The average molecular weight is 235 g/mol. The highest BCUT2D eigenvalue weighted by atomic mass is 19.1. The van der Waals surface area contributed by atoms with Crippen LogP contribution in [0, 0.1) is 17.7 Å². The van der Waals surface area contributed by atoms with Gasteiger partial charge in [0.15, 0.2) is 0 Å². The number of likely N-dealkylation sites (tertiary alicyclic amines) is 1. The second-order valence-electron chi connectivity index (χ2n) is 5.16. The Morgan fingerprint density at radius 1 is 1.18 bits per heavy atom. The van der Waals surface area contributed by atoms with Crippen molar-refractivity contribution in [3.8, 4) is 0 Å². The fraction of sp³-hybridized carbons (Fsp3) is 0.500. The fourth-order valence-electron chi connectivity index (χ4n) is 2.60. The normalized spacial score (nSPS) is 24.8. The van der Waals surface area contributed by atoms with Gasteiger partial charge in [-0.05, 0) is 42.5 Å². The average Bonchev–Trinajstić information content (AvgIpc) is 2.28. The number of hydrogen-bond acceptors (Lipinski definition) is 1. The SMILES string of the molecule is C[C@@H]1C[C@@H](C)CN(C(=O)c2ccc(F)cc2)C1. The summed E-state index contributed by atoms with van der Waals surface area (Å²) < 4.78 is 12.8. The zero-order chi connectivity index (χ0) is 12.4. The molecule has 1 fully saturated rings. The van der Waals surface area contributed by atoms with Gasteiger partial charge < -0.3 is 4.90 Å². The minimum atomic E-state index is -0.304. The molecule has 0 spiro atoms. The molecule has 1 aromatic carbocycles. The number of benzene rings is 1. The van der Waals surface area contributed by atoms with E-state index in [4.69, 9.17) is 0 Å². The molecule has 0 bridgehead atoms. The molecule has 17 heavy (non-hydrogen) atoms. The van der Waals surface area contributed by atoms with Crippen molar-refractivity contribution in [3.63, 3.8) is 0 Å². The lowest BCUT2D eigenvalue weighted by atomic mass is 9.91. The molecule has 1 aliphatic heterocycles. The molecule has 0 saturated carbocycles. The number of piperidine rings is 1. The van der Waals surface area contributed by atoms with Gasteiger partial charge >= 0.3 is 0 Å². The summed E-state index contributed by atoms with van der Waals surface area (Å²) in [5.74, 6) is 0.802. The molecule has 0 unspecified atom stereocenters. The molecule has 0 aliphatic carbocycles. The molecule has 1 amide bonds. The van der Waals surface area contributed by atoms with E-state index in [1.165, 1.54) is 18.6 Å². The third kappa shape index (κ3) is 2.84. The number of hydrogen-bond donors (Lipinski definition) is 0.